The molecule has 4 rings (SSSR count). The summed E-state index contributed by atoms with van der Waals surface area (Å²) in [6.45, 7) is 7.48. The van der Waals surface area contributed by atoms with Gasteiger partial charge in [-0.15, -0.1) is 5.10 Å². The van der Waals surface area contributed by atoms with Gasteiger partial charge in [0, 0.05) is 36.9 Å². The molecular weight excluding hydrogens is 428 g/mol. The third-order valence-corrected chi connectivity index (χ3v) is 6.06. The smallest absolute Gasteiger partial charge is 0.321 e. The number of rotatable bonds is 3. The van der Waals surface area contributed by atoms with E-state index >= 15 is 0 Å². The van der Waals surface area contributed by atoms with Gasteiger partial charge in [-0.1, -0.05) is 40.6 Å². The van der Waals surface area contributed by atoms with E-state index < -0.39 is 0 Å². The van der Waals surface area contributed by atoms with Crippen LogP contribution in [0, 0.1) is 20.8 Å². The molecular formula is C23H25ClN6O2. The highest BCUT2D eigenvalue weighted by Gasteiger charge is 2.28. The molecule has 0 saturated carbocycles. The predicted octanol–water partition coefficient (Wildman–Crippen LogP) is 3.84. The van der Waals surface area contributed by atoms with Crippen LogP contribution in [0.2, 0.25) is 5.02 Å². The molecule has 1 aliphatic heterocycles. The van der Waals surface area contributed by atoms with Gasteiger partial charge in [0.25, 0.3) is 5.91 Å². The standard InChI is InChI=1S/C23H25ClN6O2/c1-15-4-8-19(9-5-15)30-17(3)21(26-27-30)22(31)28-10-12-29(13-11-28)23(32)25-18-7-6-16(2)20(24)14-18/h4-9,14H,10-13H2,1-3H3,(H,25,32). The summed E-state index contributed by atoms with van der Waals surface area (Å²) in [4.78, 5) is 29.0. The van der Waals surface area contributed by atoms with Crippen LogP contribution in [0.5, 0.6) is 0 Å². The molecule has 0 unspecified atom stereocenters. The Morgan fingerprint density at radius 2 is 1.59 bits per heavy atom. The summed E-state index contributed by atoms with van der Waals surface area (Å²) in [5.41, 5.74) is 4.62. The van der Waals surface area contributed by atoms with Crippen molar-refractivity contribution in [3.8, 4) is 5.69 Å². The minimum atomic E-state index is -0.210. The highest BCUT2D eigenvalue weighted by atomic mass is 35.5. The fourth-order valence-corrected chi connectivity index (χ4v) is 3.77. The largest absolute Gasteiger partial charge is 0.334 e. The highest BCUT2D eigenvalue weighted by Crippen LogP contribution is 2.21. The third kappa shape index (κ3) is 4.45. The minimum Gasteiger partial charge on any atom is -0.334 e. The first-order valence-electron chi connectivity index (χ1n) is 10.4. The van der Waals surface area contributed by atoms with E-state index in [9.17, 15) is 9.59 Å². The quantitative estimate of drug-likeness (QED) is 0.654. The summed E-state index contributed by atoms with van der Waals surface area (Å²) in [5.74, 6) is -0.175. The van der Waals surface area contributed by atoms with Crippen LogP contribution in [0.4, 0.5) is 10.5 Å². The average molecular weight is 453 g/mol. The van der Waals surface area contributed by atoms with E-state index in [1.54, 1.807) is 20.5 Å². The first-order valence-corrected chi connectivity index (χ1v) is 10.8. The molecule has 3 aromatic rings. The molecule has 0 aliphatic carbocycles. The summed E-state index contributed by atoms with van der Waals surface area (Å²) in [6.07, 6.45) is 0. The molecule has 1 aromatic heterocycles. The van der Waals surface area contributed by atoms with Gasteiger partial charge in [0.1, 0.15) is 0 Å². The zero-order valence-corrected chi connectivity index (χ0v) is 19.1. The Labute approximate surface area is 191 Å². The van der Waals surface area contributed by atoms with E-state index in [0.717, 1.165) is 16.8 Å². The highest BCUT2D eigenvalue weighted by molar-refractivity contribution is 6.31. The number of aromatic nitrogens is 3. The zero-order valence-electron chi connectivity index (χ0n) is 18.3. The summed E-state index contributed by atoms with van der Waals surface area (Å²) in [5, 5.41) is 11.8. The number of hydrogen-bond donors (Lipinski definition) is 1. The minimum absolute atomic E-state index is 0.175. The normalized spacial score (nSPS) is 13.9. The van der Waals surface area contributed by atoms with Crippen molar-refractivity contribution in [2.75, 3.05) is 31.5 Å². The lowest BCUT2D eigenvalue weighted by atomic mass is 10.2. The molecule has 166 valence electrons. The first-order chi connectivity index (χ1) is 15.3. The number of urea groups is 1. The fraction of sp³-hybridized carbons (Fsp3) is 0.304. The Hall–Kier alpha value is -3.39. The van der Waals surface area contributed by atoms with Crippen molar-refractivity contribution in [3.05, 3.63) is 70.0 Å². The number of nitrogens with one attached hydrogen (secondary N) is 1. The molecule has 1 fully saturated rings. The molecule has 0 radical (unpaired) electrons. The van der Waals surface area contributed by atoms with Crippen molar-refractivity contribution in [2.24, 2.45) is 0 Å². The monoisotopic (exact) mass is 452 g/mol. The molecule has 1 saturated heterocycles. The van der Waals surface area contributed by atoms with Gasteiger partial charge in [0.05, 0.1) is 11.4 Å². The van der Waals surface area contributed by atoms with Crippen LogP contribution < -0.4 is 5.32 Å². The summed E-state index contributed by atoms with van der Waals surface area (Å²) in [6, 6.07) is 13.1. The van der Waals surface area contributed by atoms with E-state index in [1.165, 1.54) is 0 Å². The van der Waals surface area contributed by atoms with Crippen molar-refractivity contribution in [1.82, 2.24) is 24.8 Å². The average Bonchev–Trinajstić information content (AvgIpc) is 3.17. The van der Waals surface area contributed by atoms with Crippen LogP contribution >= 0.6 is 11.6 Å². The van der Waals surface area contributed by atoms with Gasteiger partial charge in [-0.05, 0) is 50.6 Å². The number of benzene rings is 2. The van der Waals surface area contributed by atoms with Crippen molar-refractivity contribution in [1.29, 1.82) is 0 Å². The number of amides is 3. The summed E-state index contributed by atoms with van der Waals surface area (Å²) >= 11 is 6.13. The number of anilines is 1. The Bertz CT molecular complexity index is 1150. The van der Waals surface area contributed by atoms with Crippen LogP contribution in [-0.2, 0) is 0 Å². The van der Waals surface area contributed by atoms with Crippen LogP contribution in [-0.4, -0.2) is 62.9 Å². The predicted molar refractivity (Wildman–Crippen MR) is 124 cm³/mol. The molecule has 2 heterocycles. The number of hydrogen-bond acceptors (Lipinski definition) is 4. The van der Waals surface area contributed by atoms with Gasteiger partial charge in [-0.25, -0.2) is 9.48 Å². The maximum Gasteiger partial charge on any atom is 0.321 e. The van der Waals surface area contributed by atoms with Gasteiger partial charge >= 0.3 is 6.03 Å². The number of aryl methyl sites for hydroxylation is 2. The summed E-state index contributed by atoms with van der Waals surface area (Å²) < 4.78 is 1.67. The van der Waals surface area contributed by atoms with Crippen LogP contribution in [0.1, 0.15) is 27.3 Å². The maximum atomic E-state index is 13.0. The molecule has 0 spiro atoms. The van der Waals surface area contributed by atoms with E-state index in [4.69, 9.17) is 11.6 Å². The lowest BCUT2D eigenvalue weighted by molar-refractivity contribution is 0.0665. The van der Waals surface area contributed by atoms with Crippen LogP contribution in [0.25, 0.3) is 5.69 Å². The number of nitrogens with zero attached hydrogens (tertiary/aromatic N) is 5. The Morgan fingerprint density at radius 3 is 2.25 bits per heavy atom. The van der Waals surface area contributed by atoms with E-state index in [0.29, 0.717) is 48.3 Å². The van der Waals surface area contributed by atoms with Crippen molar-refractivity contribution >= 4 is 29.2 Å². The van der Waals surface area contributed by atoms with Crippen molar-refractivity contribution < 1.29 is 9.59 Å². The second kappa shape index (κ2) is 9.00. The Kier molecular flexibility index (Phi) is 6.14. The van der Waals surface area contributed by atoms with Gasteiger partial charge in [-0.2, -0.15) is 0 Å². The molecule has 2 aromatic carbocycles. The molecule has 1 N–H and O–H groups in total. The van der Waals surface area contributed by atoms with Gasteiger partial charge in [0.2, 0.25) is 0 Å². The zero-order chi connectivity index (χ0) is 22.8. The van der Waals surface area contributed by atoms with Crippen molar-refractivity contribution in [2.45, 2.75) is 20.8 Å². The molecule has 8 nitrogen and oxygen atoms in total. The fourth-order valence-electron chi connectivity index (χ4n) is 3.59. The van der Waals surface area contributed by atoms with Crippen molar-refractivity contribution in [3.63, 3.8) is 0 Å². The summed E-state index contributed by atoms with van der Waals surface area (Å²) in [7, 11) is 0. The lowest BCUT2D eigenvalue weighted by Crippen LogP contribution is -2.51. The maximum absolute atomic E-state index is 13.0. The molecule has 1 aliphatic rings. The second-order valence-electron chi connectivity index (χ2n) is 7.94. The van der Waals surface area contributed by atoms with E-state index in [2.05, 4.69) is 15.6 Å². The molecule has 3 amide bonds. The Morgan fingerprint density at radius 1 is 0.938 bits per heavy atom. The third-order valence-electron chi connectivity index (χ3n) is 5.65. The molecule has 0 bridgehead atoms. The van der Waals surface area contributed by atoms with E-state index in [-0.39, 0.29) is 11.9 Å². The van der Waals surface area contributed by atoms with Gasteiger partial charge in [-0.3, -0.25) is 4.79 Å². The van der Waals surface area contributed by atoms with Gasteiger partial charge < -0.3 is 15.1 Å². The van der Waals surface area contributed by atoms with Crippen LogP contribution in [0.3, 0.4) is 0 Å². The van der Waals surface area contributed by atoms with E-state index in [1.807, 2.05) is 57.2 Å². The first kappa shape index (κ1) is 21.8. The molecule has 0 atom stereocenters. The number of piperazine rings is 1. The second-order valence-corrected chi connectivity index (χ2v) is 8.35. The Balaban J connectivity index is 1.38. The van der Waals surface area contributed by atoms with Crippen LogP contribution in [0.15, 0.2) is 42.5 Å². The lowest BCUT2D eigenvalue weighted by Gasteiger charge is -2.34. The number of halogens is 1. The number of carbonyl (C=O) groups is 2. The SMILES string of the molecule is Cc1ccc(-n2nnc(C(=O)N3CCN(C(=O)Nc4ccc(C)c(Cl)c4)CC3)c2C)cc1. The molecule has 9 heteroatoms. The molecule has 32 heavy (non-hydrogen) atoms. The topological polar surface area (TPSA) is 83.4 Å². The van der Waals surface area contributed by atoms with Gasteiger partial charge in [0.15, 0.2) is 5.69 Å². The number of carbonyl (C=O) groups excluding carboxylic acids is 2.